The van der Waals surface area contributed by atoms with Crippen LogP contribution in [0, 0.1) is 5.82 Å². The third kappa shape index (κ3) is 4.94. The molecule has 0 spiro atoms. The van der Waals surface area contributed by atoms with Gasteiger partial charge in [-0.3, -0.25) is 14.6 Å². The second-order valence-corrected chi connectivity index (χ2v) is 8.36. The number of alkyl halides is 1. The van der Waals surface area contributed by atoms with Crippen LogP contribution in [0.5, 0.6) is 0 Å². The summed E-state index contributed by atoms with van der Waals surface area (Å²) in [7, 11) is 0. The average Bonchev–Trinajstić information content (AvgIpc) is 3.30. The lowest BCUT2D eigenvalue weighted by atomic mass is 10.0. The maximum atomic E-state index is 15.0. The van der Waals surface area contributed by atoms with E-state index in [1.165, 1.54) is 30.1 Å². The number of carbonyl (C=O) groups excluding carboxylic acids is 2. The maximum Gasteiger partial charge on any atom is 0.259 e. The molecule has 2 aromatic carbocycles. The minimum absolute atomic E-state index is 0.0263. The highest BCUT2D eigenvalue weighted by atomic mass is 19.1. The minimum atomic E-state index is -0.956. The summed E-state index contributed by atoms with van der Waals surface area (Å²) in [5.41, 5.74) is 2.21. The summed E-state index contributed by atoms with van der Waals surface area (Å²) < 4.78 is 30.2. The van der Waals surface area contributed by atoms with E-state index in [0.717, 1.165) is 11.6 Å². The average molecular weight is 514 g/mol. The van der Waals surface area contributed by atoms with Gasteiger partial charge < -0.3 is 10.6 Å². The van der Waals surface area contributed by atoms with Crippen LogP contribution < -0.4 is 10.6 Å². The number of nitrogens with zero attached hydrogens (tertiary/aromatic N) is 5. The maximum absolute atomic E-state index is 15.0. The molecule has 190 valence electrons. The van der Waals surface area contributed by atoms with E-state index in [-0.39, 0.29) is 34.2 Å². The van der Waals surface area contributed by atoms with E-state index in [0.29, 0.717) is 23.3 Å². The Morgan fingerprint density at radius 2 is 1.76 bits per heavy atom. The number of amides is 2. The number of halogens is 2. The highest BCUT2D eigenvalue weighted by Crippen LogP contribution is 2.28. The van der Waals surface area contributed by atoms with Crippen LogP contribution >= 0.6 is 0 Å². The van der Waals surface area contributed by atoms with E-state index in [2.05, 4.69) is 30.7 Å². The van der Waals surface area contributed by atoms with Gasteiger partial charge in [0.15, 0.2) is 11.6 Å². The van der Waals surface area contributed by atoms with Crippen molar-refractivity contribution in [2.45, 2.75) is 20.1 Å². The Labute approximate surface area is 215 Å². The Kier molecular flexibility index (Phi) is 6.81. The fourth-order valence-corrected chi connectivity index (χ4v) is 3.96. The fourth-order valence-electron chi connectivity index (χ4n) is 3.96. The summed E-state index contributed by atoms with van der Waals surface area (Å²) in [5, 5.41) is 10.0. The third-order valence-corrected chi connectivity index (χ3v) is 5.75. The number of nitrogens with one attached hydrogen (secondary N) is 2. The van der Waals surface area contributed by atoms with Gasteiger partial charge in [0.25, 0.3) is 5.91 Å². The SMILES string of the molecule is CC(=O)NCc1cccc(-n2nc3cccnc3c2NC(=O)c2cc(-c3ncccn3)c(CF)cc2F)c1. The van der Waals surface area contributed by atoms with Gasteiger partial charge in [0.1, 0.15) is 23.5 Å². The van der Waals surface area contributed by atoms with Crippen molar-refractivity contribution in [3.8, 4) is 17.1 Å². The van der Waals surface area contributed by atoms with Gasteiger partial charge in [0, 0.05) is 37.6 Å². The van der Waals surface area contributed by atoms with Crippen molar-refractivity contribution in [1.82, 2.24) is 30.0 Å². The second-order valence-electron chi connectivity index (χ2n) is 8.36. The van der Waals surface area contributed by atoms with E-state index in [9.17, 15) is 14.0 Å². The molecule has 0 fully saturated rings. The van der Waals surface area contributed by atoms with Gasteiger partial charge in [-0.15, -0.1) is 0 Å². The molecule has 0 aliphatic heterocycles. The van der Waals surface area contributed by atoms with Crippen LogP contribution in [0.25, 0.3) is 28.1 Å². The predicted molar refractivity (Wildman–Crippen MR) is 137 cm³/mol. The molecular formula is C27H21F2N7O2. The zero-order valence-electron chi connectivity index (χ0n) is 20.2. The van der Waals surface area contributed by atoms with Crippen molar-refractivity contribution in [3.05, 3.63) is 95.7 Å². The van der Waals surface area contributed by atoms with Gasteiger partial charge in [0.05, 0.1) is 11.3 Å². The number of rotatable bonds is 7. The lowest BCUT2D eigenvalue weighted by Gasteiger charge is -2.13. The molecule has 11 heteroatoms. The molecule has 2 amide bonds. The molecule has 0 saturated heterocycles. The van der Waals surface area contributed by atoms with Gasteiger partial charge in [-0.05, 0) is 53.6 Å². The number of anilines is 1. The van der Waals surface area contributed by atoms with Crippen molar-refractivity contribution in [2.75, 3.05) is 5.32 Å². The zero-order chi connectivity index (χ0) is 26.6. The Balaban J connectivity index is 1.56. The van der Waals surface area contributed by atoms with Gasteiger partial charge in [-0.25, -0.2) is 23.4 Å². The molecule has 3 aromatic heterocycles. The van der Waals surface area contributed by atoms with Crippen LogP contribution in [0.4, 0.5) is 14.6 Å². The Morgan fingerprint density at radius 1 is 0.974 bits per heavy atom. The first-order valence-electron chi connectivity index (χ1n) is 11.6. The lowest BCUT2D eigenvalue weighted by molar-refractivity contribution is -0.119. The first kappa shape index (κ1) is 24.6. The molecule has 0 radical (unpaired) electrons. The Bertz CT molecular complexity index is 1650. The summed E-state index contributed by atoms with van der Waals surface area (Å²) in [5.74, 6) is -1.46. The molecule has 0 aliphatic rings. The number of hydrogen-bond acceptors (Lipinski definition) is 6. The highest BCUT2D eigenvalue weighted by Gasteiger charge is 2.22. The quantitative estimate of drug-likeness (QED) is 0.334. The van der Waals surface area contributed by atoms with Crippen molar-refractivity contribution in [1.29, 1.82) is 0 Å². The largest absolute Gasteiger partial charge is 0.352 e. The van der Waals surface area contributed by atoms with Crippen molar-refractivity contribution in [3.63, 3.8) is 0 Å². The molecule has 0 bridgehead atoms. The Hall–Kier alpha value is -5.06. The van der Waals surface area contributed by atoms with E-state index in [1.807, 2.05) is 6.07 Å². The molecule has 0 saturated carbocycles. The van der Waals surface area contributed by atoms with E-state index < -0.39 is 18.4 Å². The highest BCUT2D eigenvalue weighted by molar-refractivity contribution is 6.08. The standard InChI is InChI=1S/C27H21F2N7O2/c1-16(37)33-15-17-5-2-6-19(11-17)36-26(24-23(35-36)7-3-8-30-24)34-27(38)21-13-20(18(14-28)12-22(21)29)25-31-9-4-10-32-25/h2-13H,14-15H2,1H3,(H,33,37)(H,34,38). The molecule has 5 aromatic rings. The van der Waals surface area contributed by atoms with Crippen LogP contribution in [0.2, 0.25) is 0 Å². The van der Waals surface area contributed by atoms with Gasteiger partial charge in [-0.1, -0.05) is 12.1 Å². The van der Waals surface area contributed by atoms with Crippen LogP contribution in [0.3, 0.4) is 0 Å². The number of carbonyl (C=O) groups is 2. The number of aromatic nitrogens is 5. The second kappa shape index (κ2) is 10.5. The smallest absolute Gasteiger partial charge is 0.259 e. The van der Waals surface area contributed by atoms with Gasteiger partial charge in [-0.2, -0.15) is 5.10 Å². The molecular weight excluding hydrogens is 492 g/mol. The molecule has 2 N–H and O–H groups in total. The minimum Gasteiger partial charge on any atom is -0.352 e. The van der Waals surface area contributed by atoms with Crippen molar-refractivity contribution in [2.24, 2.45) is 0 Å². The molecule has 38 heavy (non-hydrogen) atoms. The van der Waals surface area contributed by atoms with E-state index >= 15 is 4.39 Å². The van der Waals surface area contributed by atoms with E-state index in [4.69, 9.17) is 0 Å². The van der Waals surface area contributed by atoms with Gasteiger partial charge >= 0.3 is 0 Å². The number of hydrogen-bond donors (Lipinski definition) is 2. The monoisotopic (exact) mass is 513 g/mol. The topological polar surface area (TPSA) is 115 Å². The van der Waals surface area contributed by atoms with Crippen LogP contribution in [-0.2, 0) is 18.0 Å². The van der Waals surface area contributed by atoms with Gasteiger partial charge in [0.2, 0.25) is 5.91 Å². The predicted octanol–water partition coefficient (Wildman–Crippen LogP) is 4.37. The first-order valence-corrected chi connectivity index (χ1v) is 11.6. The third-order valence-electron chi connectivity index (χ3n) is 5.75. The molecule has 5 rings (SSSR count). The molecule has 0 unspecified atom stereocenters. The molecule has 0 aliphatic carbocycles. The summed E-state index contributed by atoms with van der Waals surface area (Å²) in [6.45, 7) is 0.779. The summed E-state index contributed by atoms with van der Waals surface area (Å²) in [6, 6.07) is 14.5. The summed E-state index contributed by atoms with van der Waals surface area (Å²) in [6.07, 6.45) is 4.51. The number of fused-ring (bicyclic) bond motifs is 1. The van der Waals surface area contributed by atoms with Crippen molar-refractivity contribution < 1.29 is 18.4 Å². The lowest BCUT2D eigenvalue weighted by Crippen LogP contribution is -2.19. The molecule has 9 nitrogen and oxygen atoms in total. The van der Waals surface area contributed by atoms with Crippen LogP contribution in [0.1, 0.15) is 28.4 Å². The first-order chi connectivity index (χ1) is 18.4. The zero-order valence-corrected chi connectivity index (χ0v) is 20.2. The molecule has 0 atom stereocenters. The van der Waals surface area contributed by atoms with Crippen molar-refractivity contribution >= 4 is 28.7 Å². The fraction of sp³-hybridized carbons (Fsp3) is 0.111. The summed E-state index contributed by atoms with van der Waals surface area (Å²) >= 11 is 0. The summed E-state index contributed by atoms with van der Waals surface area (Å²) in [4.78, 5) is 37.3. The number of pyridine rings is 1. The van der Waals surface area contributed by atoms with Crippen LogP contribution in [0.15, 0.2) is 73.2 Å². The van der Waals surface area contributed by atoms with E-state index in [1.54, 1.807) is 42.6 Å². The normalized spacial score (nSPS) is 10.9. The number of benzene rings is 2. The Morgan fingerprint density at radius 3 is 2.53 bits per heavy atom. The molecule has 3 heterocycles. The van der Waals surface area contributed by atoms with Crippen LogP contribution in [-0.4, -0.2) is 36.5 Å².